The summed E-state index contributed by atoms with van der Waals surface area (Å²) in [5.41, 5.74) is 1.40. The first kappa shape index (κ1) is 12.9. The third-order valence-corrected chi connectivity index (χ3v) is 2.84. The molecule has 0 saturated heterocycles. The van der Waals surface area contributed by atoms with Crippen molar-refractivity contribution in [2.45, 2.75) is 6.42 Å². The zero-order valence-corrected chi connectivity index (χ0v) is 10.9. The lowest BCUT2D eigenvalue weighted by Gasteiger charge is -2.07. The Balaban J connectivity index is 2.03. The molecule has 0 atom stereocenters. The molecule has 2 aromatic rings. The fourth-order valence-electron chi connectivity index (χ4n) is 1.47. The molecule has 1 heterocycles. The number of hydrogen-bond donors (Lipinski definition) is 1. The number of halogens is 2. The molecule has 0 spiro atoms. The Morgan fingerprint density at radius 1 is 1.28 bits per heavy atom. The summed E-state index contributed by atoms with van der Waals surface area (Å²) >= 11 is 11.7. The van der Waals surface area contributed by atoms with Crippen LogP contribution in [0.2, 0.25) is 10.0 Å². The second-order valence-corrected chi connectivity index (χ2v) is 4.55. The van der Waals surface area contributed by atoms with E-state index in [0.717, 1.165) is 5.56 Å². The van der Waals surface area contributed by atoms with E-state index < -0.39 is 0 Å². The van der Waals surface area contributed by atoms with Crippen LogP contribution in [-0.4, -0.2) is 10.9 Å². The molecule has 18 heavy (non-hydrogen) atoms. The van der Waals surface area contributed by atoms with Crippen LogP contribution < -0.4 is 5.32 Å². The SMILES string of the molecule is O=C(Cc1cccnc1)Nc1ccc(Cl)cc1Cl. The Hall–Kier alpha value is -1.58. The standard InChI is InChI=1S/C13H10Cl2N2O/c14-10-3-4-12(11(15)7-10)17-13(18)6-9-2-1-5-16-8-9/h1-5,7-8H,6H2,(H,17,18). The van der Waals surface area contributed by atoms with Crippen molar-refractivity contribution >= 4 is 34.8 Å². The van der Waals surface area contributed by atoms with Gasteiger partial charge < -0.3 is 5.32 Å². The molecule has 0 bridgehead atoms. The summed E-state index contributed by atoms with van der Waals surface area (Å²) in [6.07, 6.45) is 3.58. The summed E-state index contributed by atoms with van der Waals surface area (Å²) in [6, 6.07) is 8.57. The van der Waals surface area contributed by atoms with Gasteiger partial charge in [-0.1, -0.05) is 29.3 Å². The highest BCUT2D eigenvalue weighted by Crippen LogP contribution is 2.25. The van der Waals surface area contributed by atoms with Crippen LogP contribution in [0.5, 0.6) is 0 Å². The maximum Gasteiger partial charge on any atom is 0.228 e. The van der Waals surface area contributed by atoms with Gasteiger partial charge in [-0.25, -0.2) is 0 Å². The van der Waals surface area contributed by atoms with Crippen molar-refractivity contribution in [1.82, 2.24) is 4.98 Å². The van der Waals surface area contributed by atoms with Crippen LogP contribution in [0.1, 0.15) is 5.56 Å². The second kappa shape index (κ2) is 5.85. The Bertz CT molecular complexity index is 558. The van der Waals surface area contributed by atoms with E-state index in [1.807, 2.05) is 6.07 Å². The molecule has 1 aromatic carbocycles. The molecule has 0 aliphatic carbocycles. The first-order chi connectivity index (χ1) is 8.65. The molecule has 0 unspecified atom stereocenters. The van der Waals surface area contributed by atoms with E-state index in [4.69, 9.17) is 23.2 Å². The minimum atomic E-state index is -0.146. The molecule has 0 saturated carbocycles. The maximum atomic E-state index is 11.8. The van der Waals surface area contributed by atoms with Gasteiger partial charge in [-0.3, -0.25) is 9.78 Å². The van der Waals surface area contributed by atoms with Crippen LogP contribution in [0.4, 0.5) is 5.69 Å². The summed E-state index contributed by atoms with van der Waals surface area (Å²) in [5.74, 6) is -0.146. The summed E-state index contributed by atoms with van der Waals surface area (Å²) < 4.78 is 0. The molecule has 0 radical (unpaired) electrons. The number of rotatable bonds is 3. The summed E-state index contributed by atoms with van der Waals surface area (Å²) in [5, 5.41) is 3.68. The molecule has 0 aliphatic rings. The van der Waals surface area contributed by atoms with Crippen molar-refractivity contribution < 1.29 is 4.79 Å². The Kier molecular flexibility index (Phi) is 4.18. The first-order valence-corrected chi connectivity index (χ1v) is 6.04. The molecule has 2 rings (SSSR count). The van der Waals surface area contributed by atoms with E-state index >= 15 is 0 Å². The van der Waals surface area contributed by atoms with Gasteiger partial charge in [0.1, 0.15) is 0 Å². The van der Waals surface area contributed by atoms with Gasteiger partial charge in [0, 0.05) is 17.4 Å². The summed E-state index contributed by atoms with van der Waals surface area (Å²) in [4.78, 5) is 15.7. The molecule has 1 N–H and O–H groups in total. The molecular formula is C13H10Cl2N2O. The average molecular weight is 281 g/mol. The predicted molar refractivity (Wildman–Crippen MR) is 73.0 cm³/mol. The van der Waals surface area contributed by atoms with Crippen molar-refractivity contribution in [3.05, 3.63) is 58.3 Å². The smallest absolute Gasteiger partial charge is 0.228 e. The van der Waals surface area contributed by atoms with Gasteiger partial charge in [0.25, 0.3) is 0 Å². The Labute approximate surface area is 115 Å². The van der Waals surface area contributed by atoms with Crippen molar-refractivity contribution in [2.75, 3.05) is 5.32 Å². The van der Waals surface area contributed by atoms with Crippen LogP contribution in [0.25, 0.3) is 0 Å². The van der Waals surface area contributed by atoms with Crippen molar-refractivity contribution in [2.24, 2.45) is 0 Å². The fourth-order valence-corrected chi connectivity index (χ4v) is 1.93. The van der Waals surface area contributed by atoms with Crippen molar-refractivity contribution in [1.29, 1.82) is 0 Å². The van der Waals surface area contributed by atoms with Gasteiger partial charge in [0.15, 0.2) is 0 Å². The molecule has 3 nitrogen and oxygen atoms in total. The van der Waals surface area contributed by atoms with E-state index in [9.17, 15) is 4.79 Å². The summed E-state index contributed by atoms with van der Waals surface area (Å²) in [6.45, 7) is 0. The van der Waals surface area contributed by atoms with Gasteiger partial charge in [-0.2, -0.15) is 0 Å². The number of nitrogens with zero attached hydrogens (tertiary/aromatic N) is 1. The van der Waals surface area contributed by atoms with Crippen LogP contribution in [0, 0.1) is 0 Å². The number of nitrogens with one attached hydrogen (secondary N) is 1. The van der Waals surface area contributed by atoms with E-state index in [1.165, 1.54) is 0 Å². The maximum absolute atomic E-state index is 11.8. The van der Waals surface area contributed by atoms with Crippen molar-refractivity contribution in [3.8, 4) is 0 Å². The van der Waals surface area contributed by atoms with Crippen LogP contribution in [0.3, 0.4) is 0 Å². The minimum Gasteiger partial charge on any atom is -0.324 e. The molecular weight excluding hydrogens is 271 g/mol. The minimum absolute atomic E-state index is 0.146. The van der Waals surface area contributed by atoms with E-state index in [2.05, 4.69) is 10.3 Å². The summed E-state index contributed by atoms with van der Waals surface area (Å²) in [7, 11) is 0. The Morgan fingerprint density at radius 2 is 2.11 bits per heavy atom. The lowest BCUT2D eigenvalue weighted by molar-refractivity contribution is -0.115. The van der Waals surface area contributed by atoms with E-state index in [-0.39, 0.29) is 12.3 Å². The zero-order chi connectivity index (χ0) is 13.0. The number of carbonyl (C=O) groups is 1. The number of aromatic nitrogens is 1. The quantitative estimate of drug-likeness (QED) is 0.934. The number of hydrogen-bond acceptors (Lipinski definition) is 2. The highest BCUT2D eigenvalue weighted by molar-refractivity contribution is 6.36. The number of pyridine rings is 1. The lowest BCUT2D eigenvalue weighted by Crippen LogP contribution is -2.14. The van der Waals surface area contributed by atoms with E-state index in [0.29, 0.717) is 15.7 Å². The molecule has 0 fully saturated rings. The van der Waals surface area contributed by atoms with Gasteiger partial charge in [-0.05, 0) is 29.8 Å². The van der Waals surface area contributed by atoms with Crippen LogP contribution in [0.15, 0.2) is 42.7 Å². The van der Waals surface area contributed by atoms with Crippen LogP contribution >= 0.6 is 23.2 Å². The van der Waals surface area contributed by atoms with Crippen molar-refractivity contribution in [3.63, 3.8) is 0 Å². The molecule has 1 amide bonds. The van der Waals surface area contributed by atoms with Gasteiger partial charge >= 0.3 is 0 Å². The van der Waals surface area contributed by atoms with Crippen LogP contribution in [-0.2, 0) is 11.2 Å². The predicted octanol–water partition coefficient (Wildman–Crippen LogP) is 3.57. The Morgan fingerprint density at radius 3 is 2.78 bits per heavy atom. The number of carbonyl (C=O) groups excluding carboxylic acids is 1. The second-order valence-electron chi connectivity index (χ2n) is 3.71. The third kappa shape index (κ3) is 3.45. The number of amides is 1. The first-order valence-electron chi connectivity index (χ1n) is 5.29. The lowest BCUT2D eigenvalue weighted by atomic mass is 10.2. The van der Waals surface area contributed by atoms with E-state index in [1.54, 1.807) is 36.7 Å². The zero-order valence-electron chi connectivity index (χ0n) is 9.36. The largest absolute Gasteiger partial charge is 0.324 e. The number of anilines is 1. The molecule has 1 aromatic heterocycles. The van der Waals surface area contributed by atoms with Gasteiger partial charge in [0.2, 0.25) is 5.91 Å². The van der Waals surface area contributed by atoms with Gasteiger partial charge in [0.05, 0.1) is 17.1 Å². The topological polar surface area (TPSA) is 42.0 Å². The molecule has 0 aliphatic heterocycles. The number of benzene rings is 1. The highest BCUT2D eigenvalue weighted by Gasteiger charge is 2.07. The highest BCUT2D eigenvalue weighted by atomic mass is 35.5. The monoisotopic (exact) mass is 280 g/mol. The normalized spacial score (nSPS) is 10.1. The fraction of sp³-hybridized carbons (Fsp3) is 0.0769. The van der Waals surface area contributed by atoms with Gasteiger partial charge in [-0.15, -0.1) is 0 Å². The molecule has 92 valence electrons. The third-order valence-electron chi connectivity index (χ3n) is 2.29. The average Bonchev–Trinajstić information content (AvgIpc) is 2.34. The molecule has 5 heteroatoms.